The first-order valence-electron chi connectivity index (χ1n) is 5.60. The van der Waals surface area contributed by atoms with Crippen LogP contribution in [0.25, 0.3) is 11.3 Å². The van der Waals surface area contributed by atoms with Crippen LogP contribution in [-0.2, 0) is 11.2 Å². The molecule has 0 aliphatic rings. The highest BCUT2D eigenvalue weighted by molar-refractivity contribution is 5.77. The van der Waals surface area contributed by atoms with Crippen LogP contribution in [0.4, 0.5) is 14.5 Å². The molecule has 5 nitrogen and oxygen atoms in total. The zero-order chi connectivity index (χ0) is 14.9. The SMILES string of the molecule is CC(=O)Cc1ccc(-c2cc([N+](=O)[O-])c(F)cc2F)o1. The molecule has 1 heterocycles. The molecule has 0 spiro atoms. The number of hydrogen-bond acceptors (Lipinski definition) is 4. The molecule has 0 N–H and O–H groups in total. The molecule has 1 aromatic carbocycles. The first-order valence-corrected chi connectivity index (χ1v) is 5.60. The summed E-state index contributed by atoms with van der Waals surface area (Å²) in [7, 11) is 0. The van der Waals surface area contributed by atoms with Crippen LogP contribution in [0, 0.1) is 21.7 Å². The van der Waals surface area contributed by atoms with Crippen LogP contribution in [0.3, 0.4) is 0 Å². The van der Waals surface area contributed by atoms with Crippen LogP contribution >= 0.6 is 0 Å². The van der Waals surface area contributed by atoms with Gasteiger partial charge in [-0.2, -0.15) is 4.39 Å². The molecule has 0 aliphatic heterocycles. The summed E-state index contributed by atoms with van der Waals surface area (Å²) in [5.41, 5.74) is -1.07. The molecule has 2 rings (SSSR count). The van der Waals surface area contributed by atoms with E-state index >= 15 is 0 Å². The van der Waals surface area contributed by atoms with Crippen molar-refractivity contribution in [3.63, 3.8) is 0 Å². The molecular formula is C13H9F2NO4. The minimum Gasteiger partial charge on any atom is -0.461 e. The van der Waals surface area contributed by atoms with Gasteiger partial charge in [0.1, 0.15) is 23.1 Å². The summed E-state index contributed by atoms with van der Waals surface area (Å²) in [5, 5.41) is 10.6. The molecule has 1 aromatic heterocycles. The number of carbonyl (C=O) groups excluding carboxylic acids is 1. The highest BCUT2D eigenvalue weighted by Crippen LogP contribution is 2.30. The normalized spacial score (nSPS) is 10.6. The van der Waals surface area contributed by atoms with Crippen molar-refractivity contribution in [3.8, 4) is 11.3 Å². The zero-order valence-corrected chi connectivity index (χ0v) is 10.4. The molecule has 104 valence electrons. The first-order chi connectivity index (χ1) is 9.38. The van der Waals surface area contributed by atoms with Crippen LogP contribution in [-0.4, -0.2) is 10.7 Å². The Bertz CT molecular complexity index is 694. The Labute approximate surface area is 112 Å². The minimum atomic E-state index is -1.26. The quantitative estimate of drug-likeness (QED) is 0.636. The standard InChI is InChI=1S/C13H9F2NO4/c1-7(17)4-8-2-3-13(20-8)9-5-12(16(18)19)11(15)6-10(9)14/h2-3,5-6H,4H2,1H3. The highest BCUT2D eigenvalue weighted by Gasteiger charge is 2.21. The summed E-state index contributed by atoms with van der Waals surface area (Å²) in [6, 6.07) is 4.03. The number of furan rings is 1. The molecule has 2 aromatic rings. The van der Waals surface area contributed by atoms with E-state index in [4.69, 9.17) is 4.42 Å². The van der Waals surface area contributed by atoms with E-state index < -0.39 is 22.2 Å². The predicted octanol–water partition coefficient (Wildman–Crippen LogP) is 3.26. The number of rotatable bonds is 4. The fourth-order valence-corrected chi connectivity index (χ4v) is 1.73. The van der Waals surface area contributed by atoms with Gasteiger partial charge in [0, 0.05) is 12.1 Å². The molecule has 0 atom stereocenters. The second-order valence-electron chi connectivity index (χ2n) is 4.19. The van der Waals surface area contributed by atoms with E-state index in [1.54, 1.807) is 0 Å². The van der Waals surface area contributed by atoms with Crippen LogP contribution in [0.5, 0.6) is 0 Å². The molecule has 7 heteroatoms. The molecule has 0 fully saturated rings. The number of halogens is 2. The van der Waals surface area contributed by atoms with Crippen LogP contribution < -0.4 is 0 Å². The number of nitrogens with zero attached hydrogens (tertiary/aromatic N) is 1. The van der Waals surface area contributed by atoms with Crippen molar-refractivity contribution in [2.75, 3.05) is 0 Å². The number of ketones is 1. The van der Waals surface area contributed by atoms with Gasteiger partial charge < -0.3 is 4.42 Å². The van der Waals surface area contributed by atoms with Gasteiger partial charge in [-0.25, -0.2) is 4.39 Å². The third kappa shape index (κ3) is 2.71. The van der Waals surface area contributed by atoms with E-state index in [1.165, 1.54) is 19.1 Å². The minimum absolute atomic E-state index is 0.00171. The van der Waals surface area contributed by atoms with Gasteiger partial charge in [-0.15, -0.1) is 0 Å². The fourth-order valence-electron chi connectivity index (χ4n) is 1.73. The van der Waals surface area contributed by atoms with Crippen molar-refractivity contribution < 1.29 is 22.9 Å². The topological polar surface area (TPSA) is 73.3 Å². The van der Waals surface area contributed by atoms with Crippen molar-refractivity contribution in [1.29, 1.82) is 0 Å². The van der Waals surface area contributed by atoms with Gasteiger partial charge in [0.25, 0.3) is 0 Å². The van der Waals surface area contributed by atoms with Gasteiger partial charge in [-0.05, 0) is 19.1 Å². The Morgan fingerprint density at radius 2 is 2.00 bits per heavy atom. The number of nitro groups is 1. The van der Waals surface area contributed by atoms with Crippen LogP contribution in [0.15, 0.2) is 28.7 Å². The van der Waals surface area contributed by atoms with Crippen molar-refractivity contribution in [2.24, 2.45) is 0 Å². The second kappa shape index (κ2) is 5.20. The summed E-state index contributed by atoms with van der Waals surface area (Å²) in [4.78, 5) is 20.6. The van der Waals surface area contributed by atoms with E-state index in [0.717, 1.165) is 6.07 Å². The van der Waals surface area contributed by atoms with Crippen molar-refractivity contribution in [2.45, 2.75) is 13.3 Å². The lowest BCUT2D eigenvalue weighted by atomic mass is 10.1. The average molecular weight is 281 g/mol. The van der Waals surface area contributed by atoms with Gasteiger partial charge in [0.2, 0.25) is 5.82 Å². The molecule has 0 amide bonds. The number of carbonyl (C=O) groups is 1. The second-order valence-corrected chi connectivity index (χ2v) is 4.19. The number of nitro benzene ring substituents is 1. The van der Waals surface area contributed by atoms with E-state index in [-0.39, 0.29) is 23.5 Å². The third-order valence-electron chi connectivity index (χ3n) is 2.58. The number of benzene rings is 1. The zero-order valence-electron chi connectivity index (χ0n) is 10.4. The highest BCUT2D eigenvalue weighted by atomic mass is 19.1. The maximum atomic E-state index is 13.7. The monoisotopic (exact) mass is 281 g/mol. The Hall–Kier alpha value is -2.57. The molecule has 0 bridgehead atoms. The van der Waals surface area contributed by atoms with Crippen molar-refractivity contribution >= 4 is 11.5 Å². The molecule has 0 saturated carbocycles. The fraction of sp³-hybridized carbons (Fsp3) is 0.154. The summed E-state index contributed by atoms with van der Waals surface area (Å²) in [6.45, 7) is 1.37. The summed E-state index contributed by atoms with van der Waals surface area (Å²) >= 11 is 0. The van der Waals surface area contributed by atoms with Gasteiger partial charge in [0.15, 0.2) is 0 Å². The third-order valence-corrected chi connectivity index (χ3v) is 2.58. The van der Waals surface area contributed by atoms with Crippen molar-refractivity contribution in [3.05, 3.63) is 51.8 Å². The van der Waals surface area contributed by atoms with E-state index in [0.29, 0.717) is 11.8 Å². The van der Waals surface area contributed by atoms with Gasteiger partial charge >= 0.3 is 5.69 Å². The molecular weight excluding hydrogens is 272 g/mol. The molecule has 0 unspecified atom stereocenters. The average Bonchev–Trinajstić information content (AvgIpc) is 2.75. The van der Waals surface area contributed by atoms with E-state index in [2.05, 4.69) is 0 Å². The molecule has 20 heavy (non-hydrogen) atoms. The molecule has 0 radical (unpaired) electrons. The van der Waals surface area contributed by atoms with E-state index in [9.17, 15) is 23.7 Å². The summed E-state index contributed by atoms with van der Waals surface area (Å²) < 4.78 is 32.1. The van der Waals surface area contributed by atoms with Gasteiger partial charge in [-0.3, -0.25) is 14.9 Å². The Balaban J connectivity index is 2.46. The molecule has 0 aliphatic carbocycles. The van der Waals surface area contributed by atoms with Gasteiger partial charge in [-0.1, -0.05) is 0 Å². The van der Waals surface area contributed by atoms with Gasteiger partial charge in [0.05, 0.1) is 16.9 Å². The lowest BCUT2D eigenvalue weighted by Gasteiger charge is -2.01. The Morgan fingerprint density at radius 1 is 1.30 bits per heavy atom. The number of hydrogen-bond donors (Lipinski definition) is 0. The lowest BCUT2D eigenvalue weighted by molar-refractivity contribution is -0.387. The smallest absolute Gasteiger partial charge is 0.305 e. The predicted molar refractivity (Wildman–Crippen MR) is 65.1 cm³/mol. The summed E-state index contributed by atoms with van der Waals surface area (Å²) in [5.74, 6) is -2.07. The van der Waals surface area contributed by atoms with Crippen LogP contribution in [0.2, 0.25) is 0 Å². The lowest BCUT2D eigenvalue weighted by Crippen LogP contribution is -1.96. The Kier molecular flexibility index (Phi) is 3.60. The number of Topliss-reactive ketones (excluding diaryl/α,β-unsaturated/α-hetero) is 1. The van der Waals surface area contributed by atoms with Crippen LogP contribution in [0.1, 0.15) is 12.7 Å². The maximum Gasteiger partial charge on any atom is 0.305 e. The van der Waals surface area contributed by atoms with E-state index in [1.807, 2.05) is 0 Å². The largest absolute Gasteiger partial charge is 0.461 e. The summed E-state index contributed by atoms with van der Waals surface area (Å²) in [6.07, 6.45) is 0.0326. The molecule has 0 saturated heterocycles. The van der Waals surface area contributed by atoms with Crippen molar-refractivity contribution in [1.82, 2.24) is 0 Å². The first kappa shape index (κ1) is 13.9. The maximum absolute atomic E-state index is 13.7. The Morgan fingerprint density at radius 3 is 2.60 bits per heavy atom.